The van der Waals surface area contributed by atoms with Crippen LogP contribution < -0.4 is 0 Å². The second-order valence-electron chi connectivity index (χ2n) is 1.95. The Morgan fingerprint density at radius 1 is 1.29 bits per heavy atom. The van der Waals surface area contributed by atoms with Crippen molar-refractivity contribution >= 4 is 23.5 Å². The molecule has 1 N–H and O–H groups in total. The molecule has 0 fully saturated rings. The molecule has 0 aliphatic heterocycles. The Morgan fingerprint density at radius 2 is 1.79 bits per heavy atom. The highest BCUT2D eigenvalue weighted by molar-refractivity contribution is 6.37. The molecule has 0 bridgehead atoms. The lowest BCUT2D eigenvalue weighted by Gasteiger charge is -2.03. The smallest absolute Gasteiger partial charge is 0.380 e. The molecule has 0 heterocycles. The topological polar surface area (TPSA) is 97.7 Å². The normalized spacial score (nSPS) is 11.6. The van der Waals surface area contributed by atoms with E-state index in [1.165, 1.54) is 0 Å². The maximum absolute atomic E-state index is 12.3. The number of hydrogen-bond acceptors (Lipinski definition) is 5. The Labute approximate surface area is 75.4 Å². The van der Waals surface area contributed by atoms with E-state index >= 15 is 0 Å². The van der Waals surface area contributed by atoms with Crippen LogP contribution in [0.25, 0.3) is 0 Å². The summed E-state index contributed by atoms with van der Waals surface area (Å²) in [6.45, 7) is -1.72. The summed E-state index contributed by atoms with van der Waals surface area (Å²) < 4.78 is 27.2. The van der Waals surface area contributed by atoms with Crippen molar-refractivity contribution in [2.24, 2.45) is 0 Å². The van der Waals surface area contributed by atoms with Gasteiger partial charge < -0.3 is 9.84 Å². The maximum Gasteiger partial charge on any atom is 0.380 e. The Hall–Kier alpha value is -1.86. The summed E-state index contributed by atoms with van der Waals surface area (Å²) in [7, 11) is 0. The van der Waals surface area contributed by atoms with E-state index in [0.29, 0.717) is 0 Å². The maximum atomic E-state index is 12.3. The first-order valence-corrected chi connectivity index (χ1v) is 3.11. The van der Waals surface area contributed by atoms with Crippen molar-refractivity contribution in [3.8, 4) is 0 Å². The Kier molecular flexibility index (Phi) is 4.33. The molecule has 0 saturated heterocycles. The van der Waals surface area contributed by atoms with E-state index in [2.05, 4.69) is 4.74 Å². The molecule has 0 saturated carbocycles. The van der Waals surface area contributed by atoms with Gasteiger partial charge in [-0.15, -0.1) is 0 Å². The minimum Gasteiger partial charge on any atom is -0.475 e. The quantitative estimate of drug-likeness (QED) is 0.462. The van der Waals surface area contributed by atoms with Crippen molar-refractivity contribution in [1.29, 1.82) is 0 Å². The van der Waals surface area contributed by atoms with E-state index in [0.717, 1.165) is 0 Å². The molecule has 14 heavy (non-hydrogen) atoms. The molecule has 0 aromatic carbocycles. The van der Waals surface area contributed by atoms with Crippen molar-refractivity contribution in [1.82, 2.24) is 0 Å². The number of carbonyl (C=O) groups excluding carboxylic acids is 3. The van der Waals surface area contributed by atoms with Gasteiger partial charge in [-0.05, 0) is 0 Å². The van der Waals surface area contributed by atoms with E-state index in [1.807, 2.05) is 0 Å². The zero-order chi connectivity index (χ0) is 11.3. The Balaban J connectivity index is 4.26. The molecule has 78 valence electrons. The van der Waals surface area contributed by atoms with Crippen LogP contribution in [0, 0.1) is 0 Å². The molecule has 1 unspecified atom stereocenters. The van der Waals surface area contributed by atoms with Gasteiger partial charge in [0, 0.05) is 0 Å². The number of halogens is 2. The summed E-state index contributed by atoms with van der Waals surface area (Å²) in [5, 5.41) is 7.92. The average Bonchev–Trinajstić information content (AvgIpc) is 2.14. The second kappa shape index (κ2) is 5.00. The highest BCUT2D eigenvalue weighted by atomic mass is 19.1. The van der Waals surface area contributed by atoms with Gasteiger partial charge in [0.2, 0.25) is 0 Å². The molecule has 0 aliphatic rings. The predicted molar refractivity (Wildman–Crippen MR) is 34.6 cm³/mol. The molecule has 0 aromatic heterocycles. The minimum atomic E-state index is -3.10. The van der Waals surface area contributed by atoms with Gasteiger partial charge in [-0.2, -0.15) is 4.39 Å². The standard InChI is InChI=1S/C6H4F2O6/c7-1-2(9)6(13)14-4(8)3(10)5(11)12/h4H,1H2,(H,11,12). The van der Waals surface area contributed by atoms with E-state index in [-0.39, 0.29) is 0 Å². The summed E-state index contributed by atoms with van der Waals surface area (Å²) >= 11 is 0. The minimum absolute atomic E-state index is 1.70. The third kappa shape index (κ3) is 3.25. The number of aliphatic carboxylic acids is 1. The molecule has 0 spiro atoms. The molecule has 0 aromatic rings. The SMILES string of the molecule is O=C(O)C(=O)C(F)OC(=O)C(=O)CF. The number of esters is 1. The van der Waals surface area contributed by atoms with Crippen LogP contribution >= 0.6 is 0 Å². The number of carbonyl (C=O) groups is 4. The zero-order valence-corrected chi connectivity index (χ0v) is 6.53. The predicted octanol–water partition coefficient (Wildman–Crippen LogP) is -0.983. The van der Waals surface area contributed by atoms with Gasteiger partial charge in [-0.3, -0.25) is 9.59 Å². The van der Waals surface area contributed by atoms with Crippen LogP contribution in [-0.4, -0.2) is 41.6 Å². The number of carboxylic acid groups (broad SMARTS) is 1. The number of carboxylic acids is 1. The molecule has 0 radical (unpaired) electrons. The van der Waals surface area contributed by atoms with Gasteiger partial charge in [-0.1, -0.05) is 0 Å². The van der Waals surface area contributed by atoms with Crippen LogP contribution in [0.15, 0.2) is 0 Å². The van der Waals surface area contributed by atoms with Gasteiger partial charge >= 0.3 is 24.1 Å². The average molecular weight is 210 g/mol. The van der Waals surface area contributed by atoms with Gasteiger partial charge in [0.05, 0.1) is 0 Å². The number of alkyl halides is 2. The summed E-state index contributed by atoms with van der Waals surface area (Å²) in [6.07, 6.45) is -3.10. The zero-order valence-electron chi connectivity index (χ0n) is 6.53. The fourth-order valence-electron chi connectivity index (χ4n) is 0.365. The van der Waals surface area contributed by atoms with Crippen molar-refractivity contribution in [3.05, 3.63) is 0 Å². The van der Waals surface area contributed by atoms with Gasteiger partial charge in [0.25, 0.3) is 5.78 Å². The van der Waals surface area contributed by atoms with Crippen LogP contribution in [0.3, 0.4) is 0 Å². The van der Waals surface area contributed by atoms with Crippen molar-refractivity contribution in [2.75, 3.05) is 6.67 Å². The number of ether oxygens (including phenoxy) is 1. The molecule has 6 nitrogen and oxygen atoms in total. The highest BCUT2D eigenvalue weighted by Crippen LogP contribution is 1.98. The van der Waals surface area contributed by atoms with E-state index in [9.17, 15) is 28.0 Å². The van der Waals surface area contributed by atoms with E-state index in [1.54, 1.807) is 0 Å². The van der Waals surface area contributed by atoms with Crippen molar-refractivity contribution < 1.29 is 37.8 Å². The third-order valence-electron chi connectivity index (χ3n) is 0.976. The van der Waals surface area contributed by atoms with Crippen LogP contribution in [0.5, 0.6) is 0 Å². The van der Waals surface area contributed by atoms with Gasteiger partial charge in [0.1, 0.15) is 0 Å². The third-order valence-corrected chi connectivity index (χ3v) is 0.976. The number of rotatable bonds is 5. The fourth-order valence-corrected chi connectivity index (χ4v) is 0.365. The molecule has 8 heteroatoms. The van der Waals surface area contributed by atoms with Crippen LogP contribution in [0.4, 0.5) is 8.78 Å². The van der Waals surface area contributed by atoms with Crippen molar-refractivity contribution in [2.45, 2.75) is 6.36 Å². The molecule has 1 atom stereocenters. The number of Topliss-reactive ketones (excluding diaryl/α,β-unsaturated/α-hetero) is 2. The summed E-state index contributed by atoms with van der Waals surface area (Å²) in [5.74, 6) is -7.86. The first-order chi connectivity index (χ1) is 6.40. The van der Waals surface area contributed by atoms with Gasteiger partial charge in [-0.25, -0.2) is 14.0 Å². The van der Waals surface area contributed by atoms with Crippen LogP contribution in [-0.2, 0) is 23.9 Å². The second-order valence-corrected chi connectivity index (χ2v) is 1.95. The summed E-state index contributed by atoms with van der Waals surface area (Å²) in [6, 6.07) is 0. The Bertz CT molecular complexity index is 286. The molecule has 0 amide bonds. The first kappa shape index (κ1) is 12.1. The lowest BCUT2D eigenvalue weighted by Crippen LogP contribution is -2.32. The Morgan fingerprint density at radius 3 is 2.14 bits per heavy atom. The van der Waals surface area contributed by atoms with Crippen LogP contribution in [0.2, 0.25) is 0 Å². The summed E-state index contributed by atoms with van der Waals surface area (Å²) in [5.41, 5.74) is 0. The fraction of sp³-hybridized carbons (Fsp3) is 0.333. The van der Waals surface area contributed by atoms with Crippen LogP contribution in [0.1, 0.15) is 0 Å². The molecule has 0 rings (SSSR count). The largest absolute Gasteiger partial charge is 0.475 e. The highest BCUT2D eigenvalue weighted by Gasteiger charge is 2.30. The number of ketones is 2. The lowest BCUT2D eigenvalue weighted by molar-refractivity contribution is -0.173. The van der Waals surface area contributed by atoms with Gasteiger partial charge in [0.15, 0.2) is 6.67 Å². The van der Waals surface area contributed by atoms with Crippen molar-refractivity contribution in [3.63, 3.8) is 0 Å². The monoisotopic (exact) mass is 210 g/mol. The molecular weight excluding hydrogens is 206 g/mol. The number of hydrogen-bond donors (Lipinski definition) is 1. The molecule has 0 aliphatic carbocycles. The summed E-state index contributed by atoms with van der Waals surface area (Å²) in [4.78, 5) is 40.5. The van der Waals surface area contributed by atoms with E-state index in [4.69, 9.17) is 5.11 Å². The van der Waals surface area contributed by atoms with E-state index < -0.39 is 36.5 Å². The molecular formula is C6H4F2O6. The first-order valence-electron chi connectivity index (χ1n) is 3.11. The lowest BCUT2D eigenvalue weighted by atomic mass is 10.4.